The van der Waals surface area contributed by atoms with Crippen LogP contribution in [0.3, 0.4) is 0 Å². The van der Waals surface area contributed by atoms with E-state index in [1.165, 1.54) is 0 Å². The third kappa shape index (κ3) is 15.0. The van der Waals surface area contributed by atoms with Crippen molar-refractivity contribution in [1.82, 2.24) is 0 Å². The average Bonchev–Trinajstić information content (AvgIpc) is 1.37. The van der Waals surface area contributed by atoms with Crippen LogP contribution in [-0.4, -0.2) is 0 Å². The Labute approximate surface area is 40.3 Å². The van der Waals surface area contributed by atoms with Crippen molar-refractivity contribution in [3.8, 4) is 0 Å². The zero-order valence-corrected chi connectivity index (χ0v) is 4.65. The average molecular weight is 90.2 g/mol. The Balaban J connectivity index is 0. The summed E-state index contributed by atoms with van der Waals surface area (Å²) in [5.41, 5.74) is 0. The fourth-order valence-corrected chi connectivity index (χ4v) is 0. The van der Waals surface area contributed by atoms with E-state index in [2.05, 4.69) is 0 Å². The molecule has 5 heavy (non-hydrogen) atoms. The first-order valence-electron chi connectivity index (χ1n) is 1.49. The zero-order valence-electron chi connectivity index (χ0n) is 3.65. The highest BCUT2D eigenvalue weighted by Gasteiger charge is 1.34. The third-order valence-corrected chi connectivity index (χ3v) is 0.333. The summed E-state index contributed by atoms with van der Waals surface area (Å²) >= 11 is 0. The van der Waals surface area contributed by atoms with Crippen molar-refractivity contribution in [3.63, 3.8) is 0 Å². The molecule has 0 nitrogen and oxygen atoms in total. The largest absolute Gasteiger partial charge is 0.197 e. The summed E-state index contributed by atoms with van der Waals surface area (Å²) in [6.07, 6.45) is 4.00. The Morgan fingerprint density at radius 1 is 1.00 bits per heavy atom. The molecule has 0 aliphatic carbocycles. The molecule has 0 amide bonds. The minimum absolute atomic E-state index is 0. The van der Waals surface area contributed by atoms with E-state index in [0.717, 1.165) is 0 Å². The van der Waals surface area contributed by atoms with Gasteiger partial charge in [0.2, 0.25) is 0 Å². The summed E-state index contributed by atoms with van der Waals surface area (Å²) in [7, 11) is 0. The van der Waals surface area contributed by atoms with Gasteiger partial charge in [0, 0.05) is 0 Å². The summed E-state index contributed by atoms with van der Waals surface area (Å²) in [5, 5.41) is 0. The van der Waals surface area contributed by atoms with E-state index in [0.29, 0.717) is 0 Å². The van der Waals surface area contributed by atoms with Crippen LogP contribution in [0.25, 0.3) is 0 Å². The topological polar surface area (TPSA) is 0 Å². The van der Waals surface area contributed by atoms with Gasteiger partial charge in [0.05, 0.1) is 0 Å². The predicted octanol–water partition coefficient (Wildman–Crippen LogP) is 1.70. The molecule has 1 heteroatoms. The molecule has 0 aromatic rings. The van der Waals surface area contributed by atoms with Gasteiger partial charge in [-0.15, -0.1) is 0 Å². The monoisotopic (exact) mass is 90.1 g/mol. The summed E-state index contributed by atoms with van der Waals surface area (Å²) in [4.78, 5) is 0. The molecular formula is C4H10S. The van der Waals surface area contributed by atoms with Crippen LogP contribution in [0.5, 0.6) is 0 Å². The molecule has 0 aromatic heterocycles. The van der Waals surface area contributed by atoms with E-state index in [4.69, 9.17) is 0 Å². The summed E-state index contributed by atoms with van der Waals surface area (Å²) in [5.74, 6) is 0. The van der Waals surface area contributed by atoms with Crippen LogP contribution >= 0.6 is 13.5 Å². The smallest absolute Gasteiger partial charge is 0.0470 e. The molecular weight excluding hydrogens is 80.1 g/mol. The van der Waals surface area contributed by atoms with Crippen LogP contribution in [0, 0.1) is 0 Å². The zero-order chi connectivity index (χ0) is 3.41. The van der Waals surface area contributed by atoms with Gasteiger partial charge in [0.15, 0.2) is 0 Å². The Kier molecular flexibility index (Phi) is 15.9. The lowest BCUT2D eigenvalue weighted by Crippen LogP contribution is -1.26. The number of hydrogen-bond donors (Lipinski definition) is 0. The maximum atomic E-state index is 2.00. The van der Waals surface area contributed by atoms with Gasteiger partial charge >= 0.3 is 0 Å². The molecule has 0 heterocycles. The Hall–Kier alpha value is 0.0900. The molecule has 0 saturated heterocycles. The van der Waals surface area contributed by atoms with Gasteiger partial charge in [-0.05, 0) is 13.8 Å². The van der Waals surface area contributed by atoms with E-state index >= 15 is 0 Å². The van der Waals surface area contributed by atoms with Gasteiger partial charge in [-0.25, -0.2) is 0 Å². The normalized spacial score (nSPS) is 7.60. The molecule has 0 fully saturated rings. The Bertz CT molecular complexity index is 18.8. The van der Waals surface area contributed by atoms with E-state index in [-0.39, 0.29) is 13.5 Å². The fraction of sp³-hybridized carbons (Fsp3) is 0.500. The van der Waals surface area contributed by atoms with Crippen LogP contribution in [0.15, 0.2) is 12.2 Å². The van der Waals surface area contributed by atoms with E-state index in [1.54, 1.807) is 0 Å². The van der Waals surface area contributed by atoms with Gasteiger partial charge in [-0.3, -0.25) is 0 Å². The van der Waals surface area contributed by atoms with Gasteiger partial charge in [-0.2, -0.15) is 13.5 Å². The van der Waals surface area contributed by atoms with Crippen molar-refractivity contribution < 1.29 is 0 Å². The molecule has 0 aliphatic rings. The predicted molar refractivity (Wildman–Crippen MR) is 30.9 cm³/mol. The number of allylic oxidation sites excluding steroid dienone is 2. The van der Waals surface area contributed by atoms with Crippen LogP contribution in [-0.2, 0) is 0 Å². The third-order valence-electron chi connectivity index (χ3n) is 0.333. The van der Waals surface area contributed by atoms with Crippen molar-refractivity contribution >= 4 is 13.5 Å². The minimum atomic E-state index is 0. The maximum Gasteiger partial charge on any atom is -0.0470 e. The van der Waals surface area contributed by atoms with Gasteiger partial charge in [0.1, 0.15) is 0 Å². The fourth-order valence-electron chi connectivity index (χ4n) is 0. The maximum absolute atomic E-state index is 2.00. The first-order valence-corrected chi connectivity index (χ1v) is 1.49. The van der Waals surface area contributed by atoms with Crippen molar-refractivity contribution in [2.45, 2.75) is 13.8 Å². The quantitative estimate of drug-likeness (QED) is 0.397. The van der Waals surface area contributed by atoms with E-state index in [9.17, 15) is 0 Å². The standard InChI is InChI=1S/C4H8.H2S/c1-3-4-2;/h3-4H,1-2H3;1H2. The molecule has 32 valence electrons. The second-order valence-electron chi connectivity index (χ2n) is 0.667. The van der Waals surface area contributed by atoms with Crippen LogP contribution in [0.1, 0.15) is 13.8 Å². The van der Waals surface area contributed by atoms with Crippen molar-refractivity contribution in [1.29, 1.82) is 0 Å². The summed E-state index contributed by atoms with van der Waals surface area (Å²) in [6, 6.07) is 0. The van der Waals surface area contributed by atoms with Crippen molar-refractivity contribution in [2.24, 2.45) is 0 Å². The molecule has 0 radical (unpaired) electrons. The molecule has 0 spiro atoms. The second kappa shape index (κ2) is 8.94. The van der Waals surface area contributed by atoms with Crippen LogP contribution < -0.4 is 0 Å². The Morgan fingerprint density at radius 3 is 1.20 bits per heavy atom. The molecule has 0 N–H and O–H groups in total. The number of hydrogen-bond acceptors (Lipinski definition) is 0. The molecule has 0 atom stereocenters. The number of rotatable bonds is 0. The first kappa shape index (κ1) is 8.92. The van der Waals surface area contributed by atoms with Crippen LogP contribution in [0.4, 0.5) is 0 Å². The summed E-state index contributed by atoms with van der Waals surface area (Å²) in [6.45, 7) is 4.00. The molecule has 0 aromatic carbocycles. The Morgan fingerprint density at radius 2 is 1.20 bits per heavy atom. The second-order valence-corrected chi connectivity index (χ2v) is 0.667. The lowest BCUT2D eigenvalue weighted by Gasteiger charge is -1.49. The van der Waals surface area contributed by atoms with E-state index < -0.39 is 0 Å². The first-order chi connectivity index (χ1) is 1.91. The highest BCUT2D eigenvalue weighted by atomic mass is 32.1. The molecule has 0 aliphatic heterocycles. The lowest BCUT2D eigenvalue weighted by atomic mass is 10.6. The van der Waals surface area contributed by atoms with Crippen molar-refractivity contribution in [2.75, 3.05) is 0 Å². The van der Waals surface area contributed by atoms with Gasteiger partial charge in [0.25, 0.3) is 0 Å². The minimum Gasteiger partial charge on any atom is -0.197 e. The van der Waals surface area contributed by atoms with Gasteiger partial charge in [-0.1, -0.05) is 12.2 Å². The molecule has 0 rings (SSSR count). The highest BCUT2D eigenvalue weighted by Crippen LogP contribution is 1.57. The molecule has 0 saturated carbocycles. The van der Waals surface area contributed by atoms with Crippen molar-refractivity contribution in [3.05, 3.63) is 12.2 Å². The highest BCUT2D eigenvalue weighted by molar-refractivity contribution is 7.59. The van der Waals surface area contributed by atoms with Gasteiger partial charge < -0.3 is 0 Å². The van der Waals surface area contributed by atoms with E-state index in [1.807, 2.05) is 26.0 Å². The lowest BCUT2D eigenvalue weighted by molar-refractivity contribution is 1.64. The molecule has 0 bridgehead atoms. The summed E-state index contributed by atoms with van der Waals surface area (Å²) < 4.78 is 0. The SMILES string of the molecule is CC=CC.S. The van der Waals surface area contributed by atoms with Crippen LogP contribution in [0.2, 0.25) is 0 Å². The molecule has 0 unspecified atom stereocenters.